The van der Waals surface area contributed by atoms with Gasteiger partial charge < -0.3 is 19.2 Å². The number of furan rings is 1. The molecule has 0 aliphatic carbocycles. The highest BCUT2D eigenvalue weighted by Crippen LogP contribution is 2.22. The minimum absolute atomic E-state index is 0.0696. The summed E-state index contributed by atoms with van der Waals surface area (Å²) in [5.41, 5.74) is 0. The highest BCUT2D eigenvalue weighted by Gasteiger charge is 2.18. The van der Waals surface area contributed by atoms with Crippen molar-refractivity contribution in [3.63, 3.8) is 0 Å². The summed E-state index contributed by atoms with van der Waals surface area (Å²) in [7, 11) is 1.82. The largest absolute Gasteiger partial charge is 0.461 e. The van der Waals surface area contributed by atoms with Gasteiger partial charge in [-0.2, -0.15) is 0 Å². The lowest BCUT2D eigenvalue weighted by Crippen LogP contribution is -2.41. The van der Waals surface area contributed by atoms with Crippen LogP contribution in [0.2, 0.25) is 0 Å². The standard InChI is InChI=1S/C15H21N5O3S/c1-4-16-12(21)9-20(5-2)13(22)10-24-15-18-17-14(19(15)3)11-7-6-8-23-11/h6-8H,4-5,9-10H2,1-3H3,(H,16,21). The molecule has 1 N–H and O–H groups in total. The minimum atomic E-state index is -0.156. The Labute approximate surface area is 144 Å². The third kappa shape index (κ3) is 4.38. The Bertz CT molecular complexity index is 683. The lowest BCUT2D eigenvalue weighted by atomic mass is 10.4. The van der Waals surface area contributed by atoms with Gasteiger partial charge in [0.25, 0.3) is 0 Å². The number of hydrogen-bond acceptors (Lipinski definition) is 6. The predicted molar refractivity (Wildman–Crippen MR) is 90.4 cm³/mol. The number of hydrogen-bond donors (Lipinski definition) is 1. The van der Waals surface area contributed by atoms with Crippen LogP contribution >= 0.6 is 11.8 Å². The van der Waals surface area contributed by atoms with Crippen LogP contribution in [0.25, 0.3) is 11.6 Å². The molecule has 2 aromatic heterocycles. The van der Waals surface area contributed by atoms with Crippen molar-refractivity contribution in [2.24, 2.45) is 7.05 Å². The van der Waals surface area contributed by atoms with Crippen molar-refractivity contribution in [3.05, 3.63) is 18.4 Å². The number of carbonyl (C=O) groups excluding carboxylic acids is 2. The van der Waals surface area contributed by atoms with Gasteiger partial charge in [0.1, 0.15) is 0 Å². The Morgan fingerprint density at radius 1 is 1.38 bits per heavy atom. The van der Waals surface area contributed by atoms with E-state index in [4.69, 9.17) is 4.42 Å². The molecule has 2 aromatic rings. The van der Waals surface area contributed by atoms with E-state index >= 15 is 0 Å². The minimum Gasteiger partial charge on any atom is -0.461 e. The van der Waals surface area contributed by atoms with Gasteiger partial charge in [0, 0.05) is 20.1 Å². The van der Waals surface area contributed by atoms with Gasteiger partial charge in [-0.15, -0.1) is 10.2 Å². The molecule has 0 bridgehead atoms. The zero-order chi connectivity index (χ0) is 17.5. The molecule has 0 spiro atoms. The zero-order valence-corrected chi connectivity index (χ0v) is 14.8. The van der Waals surface area contributed by atoms with Crippen LogP contribution in [0.1, 0.15) is 13.8 Å². The summed E-state index contributed by atoms with van der Waals surface area (Å²) in [4.78, 5) is 25.4. The van der Waals surface area contributed by atoms with Crippen molar-refractivity contribution in [2.75, 3.05) is 25.4 Å². The molecule has 0 aromatic carbocycles. The second kappa shape index (κ2) is 8.53. The molecule has 0 radical (unpaired) electrons. The molecule has 0 saturated heterocycles. The number of nitrogens with zero attached hydrogens (tertiary/aromatic N) is 4. The Kier molecular flexibility index (Phi) is 6.42. The summed E-state index contributed by atoms with van der Waals surface area (Å²) in [5.74, 6) is 1.14. The molecule has 0 saturated carbocycles. The van der Waals surface area contributed by atoms with Crippen LogP contribution in [0.15, 0.2) is 28.0 Å². The summed E-state index contributed by atoms with van der Waals surface area (Å²) < 4.78 is 7.08. The van der Waals surface area contributed by atoms with Gasteiger partial charge in [-0.25, -0.2) is 0 Å². The number of thioether (sulfide) groups is 1. The number of amides is 2. The van der Waals surface area contributed by atoms with Gasteiger partial charge in [-0.1, -0.05) is 11.8 Å². The molecule has 0 fully saturated rings. The second-order valence-corrected chi connectivity index (χ2v) is 5.94. The van der Waals surface area contributed by atoms with Gasteiger partial charge in [-0.3, -0.25) is 9.59 Å². The maximum Gasteiger partial charge on any atom is 0.239 e. The Balaban J connectivity index is 1.95. The van der Waals surface area contributed by atoms with E-state index in [-0.39, 0.29) is 24.1 Å². The topological polar surface area (TPSA) is 93.3 Å². The summed E-state index contributed by atoms with van der Waals surface area (Å²) in [5, 5.41) is 11.5. The van der Waals surface area contributed by atoms with E-state index in [1.54, 1.807) is 23.0 Å². The molecule has 8 nitrogen and oxygen atoms in total. The first kappa shape index (κ1) is 18.1. The van der Waals surface area contributed by atoms with Gasteiger partial charge in [0.15, 0.2) is 16.7 Å². The molecule has 2 rings (SSSR count). The average Bonchev–Trinajstić information content (AvgIpc) is 3.20. The fourth-order valence-corrected chi connectivity index (χ4v) is 2.90. The third-order valence-electron chi connectivity index (χ3n) is 3.34. The van der Waals surface area contributed by atoms with Crippen molar-refractivity contribution in [1.29, 1.82) is 0 Å². The Hall–Kier alpha value is -2.29. The molecule has 0 aliphatic heterocycles. The smallest absolute Gasteiger partial charge is 0.239 e. The number of likely N-dealkylation sites (N-methyl/N-ethyl adjacent to an activating group) is 2. The highest BCUT2D eigenvalue weighted by atomic mass is 32.2. The van der Waals surface area contributed by atoms with Crippen LogP contribution in [-0.4, -0.2) is 56.9 Å². The summed E-state index contributed by atoms with van der Waals surface area (Å²) in [6.07, 6.45) is 1.57. The number of aromatic nitrogens is 3. The van der Waals surface area contributed by atoms with Gasteiger partial charge in [-0.05, 0) is 26.0 Å². The first-order valence-electron chi connectivity index (χ1n) is 7.67. The molecule has 9 heteroatoms. The second-order valence-electron chi connectivity index (χ2n) is 4.99. The number of nitrogens with one attached hydrogen (secondary N) is 1. The first-order chi connectivity index (χ1) is 11.6. The number of carbonyl (C=O) groups is 2. The molecule has 2 amide bonds. The van der Waals surface area contributed by atoms with Crippen LogP contribution in [0.3, 0.4) is 0 Å². The van der Waals surface area contributed by atoms with Gasteiger partial charge in [0.2, 0.25) is 11.8 Å². The molecular weight excluding hydrogens is 330 g/mol. The van der Waals surface area contributed by atoms with Crippen molar-refractivity contribution in [2.45, 2.75) is 19.0 Å². The van der Waals surface area contributed by atoms with E-state index in [1.165, 1.54) is 16.7 Å². The summed E-state index contributed by atoms with van der Waals surface area (Å²) in [6, 6.07) is 3.58. The Morgan fingerprint density at radius 2 is 2.17 bits per heavy atom. The summed E-state index contributed by atoms with van der Waals surface area (Å²) in [6.45, 7) is 4.79. The molecule has 130 valence electrons. The van der Waals surface area contributed by atoms with E-state index in [9.17, 15) is 9.59 Å². The predicted octanol–water partition coefficient (Wildman–Crippen LogP) is 1.15. The lowest BCUT2D eigenvalue weighted by Gasteiger charge is -2.19. The highest BCUT2D eigenvalue weighted by molar-refractivity contribution is 7.99. The lowest BCUT2D eigenvalue weighted by molar-refractivity contribution is -0.133. The molecule has 24 heavy (non-hydrogen) atoms. The maximum absolute atomic E-state index is 12.3. The zero-order valence-electron chi connectivity index (χ0n) is 14.0. The van der Waals surface area contributed by atoms with Crippen molar-refractivity contribution in [1.82, 2.24) is 25.0 Å². The van der Waals surface area contributed by atoms with E-state index < -0.39 is 0 Å². The van der Waals surface area contributed by atoms with Crippen LogP contribution in [0.4, 0.5) is 0 Å². The summed E-state index contributed by atoms with van der Waals surface area (Å²) >= 11 is 1.28. The SMILES string of the molecule is CCNC(=O)CN(CC)C(=O)CSc1nnc(-c2ccco2)n1C. The van der Waals surface area contributed by atoms with E-state index in [2.05, 4.69) is 15.5 Å². The van der Waals surface area contributed by atoms with E-state index in [0.29, 0.717) is 29.8 Å². The van der Waals surface area contributed by atoms with Crippen molar-refractivity contribution >= 4 is 23.6 Å². The van der Waals surface area contributed by atoms with Crippen molar-refractivity contribution < 1.29 is 14.0 Å². The molecule has 0 atom stereocenters. The molecular formula is C15H21N5O3S. The van der Waals surface area contributed by atoms with E-state index in [0.717, 1.165) is 0 Å². The van der Waals surface area contributed by atoms with Gasteiger partial charge in [0.05, 0.1) is 18.6 Å². The average molecular weight is 351 g/mol. The van der Waals surface area contributed by atoms with Crippen LogP contribution < -0.4 is 5.32 Å². The van der Waals surface area contributed by atoms with Crippen LogP contribution in [-0.2, 0) is 16.6 Å². The normalized spacial score (nSPS) is 10.6. The first-order valence-corrected chi connectivity index (χ1v) is 8.65. The number of rotatable bonds is 8. The third-order valence-corrected chi connectivity index (χ3v) is 4.35. The Morgan fingerprint density at radius 3 is 2.79 bits per heavy atom. The molecule has 0 aliphatic rings. The quantitative estimate of drug-likeness (QED) is 0.717. The fraction of sp³-hybridized carbons (Fsp3) is 0.467. The van der Waals surface area contributed by atoms with Crippen molar-refractivity contribution in [3.8, 4) is 11.6 Å². The maximum atomic E-state index is 12.3. The molecule has 0 unspecified atom stereocenters. The van der Waals surface area contributed by atoms with Gasteiger partial charge >= 0.3 is 0 Å². The van der Waals surface area contributed by atoms with E-state index in [1.807, 2.05) is 20.9 Å². The molecule has 2 heterocycles. The van der Waals surface area contributed by atoms with Crippen LogP contribution in [0.5, 0.6) is 0 Å². The monoisotopic (exact) mass is 351 g/mol. The van der Waals surface area contributed by atoms with Crippen LogP contribution in [0, 0.1) is 0 Å². The fourth-order valence-electron chi connectivity index (χ4n) is 2.08.